The van der Waals surface area contributed by atoms with Gasteiger partial charge in [0, 0.05) is 11.3 Å². The van der Waals surface area contributed by atoms with E-state index in [-0.39, 0.29) is 12.2 Å². The highest BCUT2D eigenvalue weighted by molar-refractivity contribution is 8.31. The molecule has 1 amide bonds. The van der Waals surface area contributed by atoms with Crippen molar-refractivity contribution in [2.45, 2.75) is 43.7 Å². The normalized spacial score (nSPS) is 13.6. The lowest BCUT2D eigenvalue weighted by molar-refractivity contribution is -0.136. The number of esters is 1. The highest BCUT2D eigenvalue weighted by Crippen LogP contribution is 2.51. The molecular weight excluding hydrogens is 482 g/mol. The summed E-state index contributed by atoms with van der Waals surface area (Å²) < 4.78 is 43.6. The smallest absolute Gasteiger partial charge is 0.409 e. The summed E-state index contributed by atoms with van der Waals surface area (Å²) in [5.41, 5.74) is 0.104. The number of ether oxygens (including phenoxy) is 2. The largest absolute Gasteiger partial charge is 0.444 e. The second-order valence-electron chi connectivity index (χ2n) is 8.66. The molecule has 9 nitrogen and oxygen atoms in total. The van der Waals surface area contributed by atoms with Crippen LogP contribution in [-0.4, -0.2) is 51.7 Å². The molecule has 0 unspecified atom stereocenters. The lowest BCUT2D eigenvalue weighted by Gasteiger charge is -2.29. The molecule has 0 aliphatic rings. The van der Waals surface area contributed by atoms with Crippen molar-refractivity contribution in [1.29, 1.82) is 0 Å². The summed E-state index contributed by atoms with van der Waals surface area (Å²) in [5.74, 6) is -0.449. The topological polar surface area (TPSA) is 117 Å². The Morgan fingerprint density at radius 1 is 0.971 bits per heavy atom. The quantitative estimate of drug-likeness (QED) is 0.395. The first kappa shape index (κ1) is 27.6. The standard InChI is InChI=1S/C23H31NO8S2/c1-23(2,3)31-22(26)24-20(16-17-10-8-7-9-11-17)21(25)30-18-12-14-19(15-13-18)33(5,6)32-34(27,28)29-4/h7-15,20H,16H2,1-6H3,(H,24,26)/t20-/m0/s1. The second kappa shape index (κ2) is 11.2. The minimum absolute atomic E-state index is 0.205. The number of nitrogens with one attached hydrogen (secondary N) is 1. The Morgan fingerprint density at radius 3 is 2.09 bits per heavy atom. The number of hydrogen-bond donors (Lipinski definition) is 1. The molecule has 1 atom stereocenters. The van der Waals surface area contributed by atoms with Gasteiger partial charge in [0.2, 0.25) is 0 Å². The molecule has 0 bridgehead atoms. The van der Waals surface area contributed by atoms with E-state index >= 15 is 0 Å². The zero-order valence-corrected chi connectivity index (χ0v) is 21.7. The molecular formula is C23H31NO8S2. The second-order valence-corrected chi connectivity index (χ2v) is 13.3. The minimum atomic E-state index is -4.12. The van der Waals surface area contributed by atoms with E-state index in [1.807, 2.05) is 30.3 Å². The van der Waals surface area contributed by atoms with Gasteiger partial charge in [0.05, 0.1) is 7.11 Å². The highest BCUT2D eigenvalue weighted by Gasteiger charge is 2.27. The van der Waals surface area contributed by atoms with Crippen molar-refractivity contribution in [2.75, 3.05) is 19.6 Å². The van der Waals surface area contributed by atoms with Crippen LogP contribution in [0.25, 0.3) is 0 Å². The predicted molar refractivity (Wildman–Crippen MR) is 130 cm³/mol. The summed E-state index contributed by atoms with van der Waals surface area (Å²) in [6.07, 6.45) is 2.76. The van der Waals surface area contributed by atoms with Crippen molar-refractivity contribution in [3.63, 3.8) is 0 Å². The molecule has 0 saturated carbocycles. The van der Waals surface area contributed by atoms with Gasteiger partial charge in [0.1, 0.15) is 17.4 Å². The van der Waals surface area contributed by atoms with Crippen molar-refractivity contribution in [2.24, 2.45) is 0 Å². The van der Waals surface area contributed by atoms with Crippen LogP contribution in [-0.2, 0) is 34.2 Å². The Balaban J connectivity index is 2.16. The van der Waals surface area contributed by atoms with Crippen molar-refractivity contribution < 1.29 is 35.3 Å². The van der Waals surface area contributed by atoms with Crippen LogP contribution < -0.4 is 10.1 Å². The number of benzene rings is 2. The number of alkyl carbamates (subject to hydrolysis) is 1. The molecule has 0 aliphatic carbocycles. The molecule has 0 aromatic heterocycles. The molecule has 34 heavy (non-hydrogen) atoms. The van der Waals surface area contributed by atoms with E-state index < -0.39 is 44.4 Å². The maximum Gasteiger partial charge on any atom is 0.409 e. The van der Waals surface area contributed by atoms with Gasteiger partial charge in [0.15, 0.2) is 0 Å². The summed E-state index contributed by atoms with van der Waals surface area (Å²) in [7, 11) is -5.29. The molecule has 1 N–H and O–H groups in total. The summed E-state index contributed by atoms with van der Waals surface area (Å²) in [4.78, 5) is 25.8. The predicted octanol–water partition coefficient (Wildman–Crippen LogP) is 3.97. The average molecular weight is 514 g/mol. The Bertz CT molecular complexity index is 1080. The molecule has 0 radical (unpaired) electrons. The van der Waals surface area contributed by atoms with E-state index in [1.54, 1.807) is 45.4 Å². The number of carbonyl (C=O) groups excluding carboxylic acids is 2. The first-order valence-corrected chi connectivity index (χ1v) is 14.0. The molecule has 0 spiro atoms. The summed E-state index contributed by atoms with van der Waals surface area (Å²) in [6.45, 7) is 5.18. The van der Waals surface area contributed by atoms with Crippen molar-refractivity contribution in [3.05, 3.63) is 60.2 Å². The summed E-state index contributed by atoms with van der Waals surface area (Å²) in [6, 6.07) is 14.5. The number of carbonyl (C=O) groups is 2. The minimum Gasteiger partial charge on any atom is -0.444 e. The maximum absolute atomic E-state index is 12.9. The van der Waals surface area contributed by atoms with Gasteiger partial charge in [-0.05, 0) is 63.1 Å². The van der Waals surface area contributed by atoms with Crippen LogP contribution in [0.1, 0.15) is 26.3 Å². The van der Waals surface area contributed by atoms with Gasteiger partial charge in [-0.1, -0.05) is 40.6 Å². The van der Waals surface area contributed by atoms with E-state index in [9.17, 15) is 18.0 Å². The van der Waals surface area contributed by atoms with Gasteiger partial charge >= 0.3 is 22.5 Å². The molecule has 0 saturated heterocycles. The molecule has 0 aliphatic heterocycles. The van der Waals surface area contributed by atoms with Gasteiger partial charge in [-0.15, -0.1) is 0 Å². The highest BCUT2D eigenvalue weighted by atomic mass is 32.3. The number of hydrogen-bond acceptors (Lipinski definition) is 8. The van der Waals surface area contributed by atoms with Crippen molar-refractivity contribution in [3.8, 4) is 5.75 Å². The molecule has 0 heterocycles. The number of amides is 1. The van der Waals surface area contributed by atoms with Crippen LogP contribution in [0.3, 0.4) is 0 Å². The van der Waals surface area contributed by atoms with Crippen LogP contribution in [0.4, 0.5) is 4.79 Å². The fourth-order valence-electron chi connectivity index (χ4n) is 2.79. The Labute approximate surface area is 202 Å². The lowest BCUT2D eigenvalue weighted by atomic mass is 10.1. The Hall–Kier alpha value is -2.60. The van der Waals surface area contributed by atoms with Crippen LogP contribution >= 0.6 is 10.3 Å². The third kappa shape index (κ3) is 8.98. The van der Waals surface area contributed by atoms with Crippen molar-refractivity contribution >= 4 is 32.8 Å². The fourth-order valence-corrected chi connectivity index (χ4v) is 5.79. The monoisotopic (exact) mass is 513 g/mol. The first-order chi connectivity index (χ1) is 15.7. The molecule has 188 valence electrons. The van der Waals surface area contributed by atoms with Crippen LogP contribution in [0.5, 0.6) is 5.75 Å². The van der Waals surface area contributed by atoms with E-state index in [0.29, 0.717) is 4.90 Å². The third-order valence-corrected chi connectivity index (χ3v) is 8.17. The van der Waals surface area contributed by atoms with Crippen LogP contribution in [0.2, 0.25) is 0 Å². The number of rotatable bonds is 9. The molecule has 11 heteroatoms. The zero-order chi connectivity index (χ0) is 25.6. The van der Waals surface area contributed by atoms with Crippen LogP contribution in [0.15, 0.2) is 59.5 Å². The van der Waals surface area contributed by atoms with E-state index in [2.05, 4.69) is 9.50 Å². The molecule has 0 fully saturated rings. The van der Waals surface area contributed by atoms with E-state index in [4.69, 9.17) is 13.1 Å². The van der Waals surface area contributed by atoms with Gasteiger partial charge in [-0.2, -0.15) is 12.0 Å². The third-order valence-electron chi connectivity index (χ3n) is 4.33. The van der Waals surface area contributed by atoms with E-state index in [1.165, 1.54) is 12.1 Å². The van der Waals surface area contributed by atoms with E-state index in [0.717, 1.165) is 12.7 Å². The zero-order valence-electron chi connectivity index (χ0n) is 20.1. The average Bonchev–Trinajstić information content (AvgIpc) is 2.72. The van der Waals surface area contributed by atoms with Gasteiger partial charge in [0.25, 0.3) is 0 Å². The summed E-state index contributed by atoms with van der Waals surface area (Å²) >= 11 is 0. The van der Waals surface area contributed by atoms with Crippen LogP contribution in [0, 0.1) is 0 Å². The molecule has 2 aromatic carbocycles. The lowest BCUT2D eigenvalue weighted by Crippen LogP contribution is -2.46. The van der Waals surface area contributed by atoms with Gasteiger partial charge in [-0.25, -0.2) is 9.59 Å². The first-order valence-electron chi connectivity index (χ1n) is 10.3. The molecule has 2 rings (SSSR count). The van der Waals surface area contributed by atoms with Crippen molar-refractivity contribution in [1.82, 2.24) is 5.32 Å². The van der Waals surface area contributed by atoms with Gasteiger partial charge in [-0.3, -0.25) is 4.18 Å². The van der Waals surface area contributed by atoms with Gasteiger partial charge < -0.3 is 14.8 Å². The summed E-state index contributed by atoms with van der Waals surface area (Å²) in [5, 5.41) is 2.58. The maximum atomic E-state index is 12.9. The Kier molecular flexibility index (Phi) is 9.12. The SMILES string of the molecule is COS(=O)(=O)OS(C)(C)c1ccc(OC(=O)[C@H](Cc2ccccc2)NC(=O)OC(C)(C)C)cc1. The Morgan fingerprint density at radius 2 is 1.56 bits per heavy atom. The molecule has 2 aromatic rings. The fraction of sp³-hybridized carbons (Fsp3) is 0.391.